The molecule has 0 saturated carbocycles. The van der Waals surface area contributed by atoms with E-state index in [0.717, 1.165) is 65.9 Å². The summed E-state index contributed by atoms with van der Waals surface area (Å²) in [5.41, 5.74) is 8.49. The van der Waals surface area contributed by atoms with Crippen LogP contribution in [0.5, 0.6) is 0 Å². The maximum atomic E-state index is 8.25. The molecule has 17 heteroatoms. The van der Waals surface area contributed by atoms with Crippen LogP contribution in [0.1, 0.15) is 0 Å². The van der Waals surface area contributed by atoms with Crippen LogP contribution >= 0.6 is 45.3 Å². The molecule has 0 aliphatic heterocycles. The van der Waals surface area contributed by atoms with Crippen molar-refractivity contribution in [3.63, 3.8) is 0 Å². The summed E-state index contributed by atoms with van der Waals surface area (Å²) in [6, 6.07) is 34.1. The van der Waals surface area contributed by atoms with Gasteiger partial charge >= 0.3 is 27.3 Å². The summed E-state index contributed by atoms with van der Waals surface area (Å²) in [7, 11) is 0. The van der Waals surface area contributed by atoms with Crippen LogP contribution in [-0.2, 0) is 27.3 Å². The Morgan fingerprint density at radius 1 is 0.386 bits per heavy atom. The summed E-state index contributed by atoms with van der Waals surface area (Å²) in [4.78, 5) is 40.3. The molecule has 0 fully saturated rings. The topological polar surface area (TPSA) is 184 Å². The fraction of sp³-hybridized carbons (Fsp3) is 0. The molecule has 0 amide bonds. The third-order valence-corrected chi connectivity index (χ3v) is 11.9. The average Bonchev–Trinajstić information content (AvgIpc) is 4.06. The molecule has 0 unspecified atom stereocenters. The molecule has 8 heterocycles. The molecule has 8 aromatic heterocycles. The van der Waals surface area contributed by atoms with Crippen LogP contribution in [0.15, 0.2) is 143 Å². The molecule has 0 N–H and O–H groups in total. The van der Waals surface area contributed by atoms with Crippen molar-refractivity contribution in [3.05, 3.63) is 174 Å². The molecule has 12 nitrogen and oxygen atoms in total. The van der Waals surface area contributed by atoms with Gasteiger partial charge in [-0.3, -0.25) is 19.9 Å². The molecule has 0 bridgehead atoms. The summed E-state index contributed by atoms with van der Waals surface area (Å²) < 4.78 is 0. The first kappa shape index (κ1) is 40.9. The van der Waals surface area contributed by atoms with Gasteiger partial charge in [-0.25, -0.2) is 0 Å². The van der Waals surface area contributed by atoms with Gasteiger partial charge in [-0.2, -0.15) is 0 Å². The molecule has 10 aromatic rings. The van der Waals surface area contributed by atoms with Crippen molar-refractivity contribution in [2.75, 3.05) is 0 Å². The van der Waals surface area contributed by atoms with Crippen LogP contribution in [0.3, 0.4) is 0 Å². The van der Waals surface area contributed by atoms with Crippen molar-refractivity contribution in [2.24, 2.45) is 0 Å². The Hall–Kier alpha value is -5.80. The molecule has 0 atom stereocenters. The predicted octanol–water partition coefficient (Wildman–Crippen LogP) is 12.0. The molecule has 10 rings (SSSR count). The smallest absolute Gasteiger partial charge is 0.356 e. The number of fused-ring (bicyclic) bond motifs is 6. The minimum Gasteiger partial charge on any atom is -0.356 e. The number of hydrogen-bond donors (Lipinski definition) is 0. The zero-order chi connectivity index (χ0) is 39.0. The van der Waals surface area contributed by atoms with E-state index in [9.17, 15) is 0 Å². The van der Waals surface area contributed by atoms with Crippen LogP contribution in [0, 0.1) is 30.6 Å². The van der Waals surface area contributed by atoms with E-state index in [-0.39, 0.29) is 27.3 Å². The summed E-state index contributed by atoms with van der Waals surface area (Å²) in [5, 5.41) is 42.4. The maximum Gasteiger partial charge on any atom is 2.00 e. The van der Waals surface area contributed by atoms with E-state index in [1.54, 1.807) is 45.3 Å². The minimum atomic E-state index is -1.75. The van der Waals surface area contributed by atoms with E-state index in [2.05, 4.69) is 119 Å². The normalized spacial score (nSPS) is 10.4. The number of aromatic nitrogens is 4. The maximum absolute atomic E-state index is 8.25. The standard InChI is InChI=1S/2C20H12N2S2.Cd.2NO3/c2*1-3-17(23-7-1)15-9-13-5-6-14-10-16(18-4-2-8-24-18)12-22-20(14)19(13)21-11-15;;2*2-1(3)4/h2*1-12H;;;/q;;+2;2*-1. The van der Waals surface area contributed by atoms with Crippen LogP contribution in [0.4, 0.5) is 0 Å². The number of nitrogens with zero attached hydrogens (tertiary/aromatic N) is 6. The Balaban J connectivity index is 0.000000160. The largest absolute Gasteiger partial charge is 2.00 e. The zero-order valence-electron chi connectivity index (χ0n) is 29.3. The van der Waals surface area contributed by atoms with Crippen LogP contribution in [-0.4, -0.2) is 30.1 Å². The van der Waals surface area contributed by atoms with Gasteiger partial charge in [-0.1, -0.05) is 48.5 Å². The molecule has 0 aliphatic rings. The van der Waals surface area contributed by atoms with E-state index in [1.807, 2.05) is 24.8 Å². The molecule has 276 valence electrons. The van der Waals surface area contributed by atoms with Gasteiger partial charge in [0.2, 0.25) is 0 Å². The van der Waals surface area contributed by atoms with Gasteiger partial charge in [0, 0.05) is 88.1 Å². The van der Waals surface area contributed by atoms with Crippen molar-refractivity contribution in [2.45, 2.75) is 0 Å². The van der Waals surface area contributed by atoms with Gasteiger partial charge in [-0.05, 0) is 70.1 Å². The minimum absolute atomic E-state index is 0. The Morgan fingerprint density at radius 2 is 0.596 bits per heavy atom. The molecule has 0 spiro atoms. The fourth-order valence-electron chi connectivity index (χ4n) is 5.90. The number of benzene rings is 2. The van der Waals surface area contributed by atoms with E-state index >= 15 is 0 Å². The van der Waals surface area contributed by atoms with Gasteiger partial charge in [0.25, 0.3) is 0 Å². The molecule has 0 saturated heterocycles. The second-order valence-electron chi connectivity index (χ2n) is 11.7. The van der Waals surface area contributed by atoms with E-state index in [0.29, 0.717) is 0 Å². The Labute approximate surface area is 359 Å². The van der Waals surface area contributed by atoms with E-state index < -0.39 is 10.2 Å². The Bertz CT molecular complexity index is 2520. The Morgan fingerprint density at radius 3 is 0.772 bits per heavy atom. The van der Waals surface area contributed by atoms with Gasteiger partial charge in [0.05, 0.1) is 32.2 Å². The predicted molar refractivity (Wildman–Crippen MR) is 228 cm³/mol. The third-order valence-electron chi connectivity index (χ3n) is 8.22. The summed E-state index contributed by atoms with van der Waals surface area (Å²) in [6.45, 7) is 0. The van der Waals surface area contributed by atoms with E-state index in [4.69, 9.17) is 50.6 Å². The number of hydrogen-bond acceptors (Lipinski definition) is 14. The fourth-order valence-corrected chi connectivity index (χ4v) is 8.73. The SMILES string of the molecule is O=[N+]([O-])[O-].O=[N+]([O-])[O-].[Cd+2].c1csc(-c2cnc3c(ccc4cc(-c5cccs5)cnc43)c2)c1.c1csc(-c2cnc3c(ccc4cc(-c5cccs5)cnc43)c2)c1. The van der Waals surface area contributed by atoms with Crippen molar-refractivity contribution < 1.29 is 37.5 Å². The Kier molecular flexibility index (Phi) is 13.5. The molecule has 2 aromatic carbocycles. The molecular weight excluding hydrogens is 901 g/mol. The van der Waals surface area contributed by atoms with Crippen molar-refractivity contribution in [3.8, 4) is 41.8 Å². The van der Waals surface area contributed by atoms with Gasteiger partial charge in [0.15, 0.2) is 0 Å². The van der Waals surface area contributed by atoms with Crippen molar-refractivity contribution in [1.29, 1.82) is 0 Å². The molecule has 0 aliphatic carbocycles. The average molecular weight is 925 g/mol. The summed E-state index contributed by atoms with van der Waals surface area (Å²) in [6.07, 6.45) is 7.79. The van der Waals surface area contributed by atoms with Gasteiger partial charge in [0.1, 0.15) is 0 Å². The van der Waals surface area contributed by atoms with Crippen molar-refractivity contribution in [1.82, 2.24) is 19.9 Å². The molecule has 57 heavy (non-hydrogen) atoms. The van der Waals surface area contributed by atoms with Gasteiger partial charge < -0.3 is 30.6 Å². The van der Waals surface area contributed by atoms with Crippen LogP contribution in [0.2, 0.25) is 0 Å². The molecule has 0 radical (unpaired) electrons. The van der Waals surface area contributed by atoms with E-state index in [1.165, 1.54) is 19.5 Å². The number of pyridine rings is 4. The second kappa shape index (κ2) is 18.9. The third kappa shape index (κ3) is 9.96. The number of rotatable bonds is 4. The first-order chi connectivity index (χ1) is 27.2. The first-order valence-corrected chi connectivity index (χ1v) is 19.9. The quantitative estimate of drug-likeness (QED) is 0.0712. The monoisotopic (exact) mass is 926 g/mol. The zero-order valence-corrected chi connectivity index (χ0v) is 36.6. The second-order valence-corrected chi connectivity index (χ2v) is 15.5. The first-order valence-electron chi connectivity index (χ1n) is 16.4. The number of thiophene rings is 4. The summed E-state index contributed by atoms with van der Waals surface area (Å²) >= 11 is 6.94. The van der Waals surface area contributed by atoms with Crippen LogP contribution < -0.4 is 0 Å². The van der Waals surface area contributed by atoms with Gasteiger partial charge in [-0.15, -0.1) is 45.3 Å². The van der Waals surface area contributed by atoms with Crippen molar-refractivity contribution >= 4 is 89.0 Å². The summed E-state index contributed by atoms with van der Waals surface area (Å²) in [5.74, 6) is 0. The van der Waals surface area contributed by atoms with Crippen LogP contribution in [0.25, 0.3) is 85.4 Å². The molecular formula is C40H24CdN6O6S4.